The molecule has 0 saturated heterocycles. The van der Waals surface area contributed by atoms with Crippen molar-refractivity contribution >= 4 is 36.5 Å². The molecule has 19 heavy (non-hydrogen) atoms. The van der Waals surface area contributed by atoms with Crippen molar-refractivity contribution in [3.8, 4) is 11.5 Å². The number of phenolic OH excluding ortho intramolecular Hbond substituents is 1. The van der Waals surface area contributed by atoms with E-state index in [-0.39, 0.29) is 0 Å². The number of nitrogens with zero attached hydrogens (tertiary/aromatic N) is 1. The van der Waals surface area contributed by atoms with E-state index >= 15 is 0 Å². The number of ether oxygens (including phenoxy) is 1. The number of hydrogen-bond donors (Lipinski definition) is 1. The van der Waals surface area contributed by atoms with Crippen LogP contribution in [0.3, 0.4) is 0 Å². The Morgan fingerprint density at radius 1 is 1.32 bits per heavy atom. The Hall–Kier alpha value is 0.170. The summed E-state index contributed by atoms with van der Waals surface area (Å²) in [6.07, 6.45) is 1.65. The second kappa shape index (κ2) is 9.17. The molecule has 0 saturated carbocycles. The third-order valence-corrected chi connectivity index (χ3v) is 4.42. The van der Waals surface area contributed by atoms with Gasteiger partial charge in [-0.25, -0.2) is 0 Å². The first-order valence-electron chi connectivity index (χ1n) is 5.61. The predicted octanol–water partition coefficient (Wildman–Crippen LogP) is 3.37. The van der Waals surface area contributed by atoms with E-state index in [1.165, 1.54) is 0 Å². The van der Waals surface area contributed by atoms with E-state index < -0.39 is 28.9 Å². The van der Waals surface area contributed by atoms with Crippen LogP contribution in [0.1, 0.15) is 5.56 Å². The van der Waals surface area contributed by atoms with Crippen molar-refractivity contribution in [1.29, 1.82) is 0 Å². The summed E-state index contributed by atoms with van der Waals surface area (Å²) in [4.78, 5) is 3.94. The molecule has 106 valence electrons. The molecular formula is C12H19Cl2NO2SiZr. The zero-order valence-corrected chi connectivity index (χ0v) is 16.8. The summed E-state index contributed by atoms with van der Waals surface area (Å²) in [7, 11) is 11.6. The molecule has 0 aromatic heterocycles. The number of hydrogen-bond acceptors (Lipinski definition) is 3. The van der Waals surface area contributed by atoms with Crippen LogP contribution in [0.5, 0.6) is 11.5 Å². The molecule has 0 heterocycles. The minimum atomic E-state index is -1.58. The Kier molecular flexibility index (Phi) is 9.25. The number of methoxy groups -OCH3 is 1. The van der Waals surface area contributed by atoms with Crippen LogP contribution in [0.15, 0.2) is 17.1 Å². The number of rotatable bonds is 3. The van der Waals surface area contributed by atoms with Gasteiger partial charge in [-0.05, 0) is 17.3 Å². The van der Waals surface area contributed by atoms with Crippen LogP contribution < -0.4 is 9.92 Å². The van der Waals surface area contributed by atoms with Crippen LogP contribution >= 0.6 is 17.0 Å². The fourth-order valence-electron chi connectivity index (χ4n) is 1.56. The van der Waals surface area contributed by atoms with E-state index in [0.717, 1.165) is 16.5 Å². The standard InChI is InChI=1S/C12H19NO2Si.2ClH.Zr/c1-13-8-9-6-10(15-2)7-11(12(9)14)16(3,4)5;;;/h6-8,14H,1-5H3;2*1H;/q;;;+2/p-2. The van der Waals surface area contributed by atoms with Crippen molar-refractivity contribution in [2.75, 3.05) is 14.2 Å². The topological polar surface area (TPSA) is 41.8 Å². The molecule has 0 aliphatic carbocycles. The number of phenols is 1. The van der Waals surface area contributed by atoms with Gasteiger partial charge in [0.2, 0.25) is 0 Å². The summed E-state index contributed by atoms with van der Waals surface area (Å²) in [6, 6.07) is 3.72. The van der Waals surface area contributed by atoms with Gasteiger partial charge in [0.15, 0.2) is 0 Å². The Balaban J connectivity index is 0.000000982. The van der Waals surface area contributed by atoms with Crippen molar-refractivity contribution in [1.82, 2.24) is 0 Å². The molecule has 3 nitrogen and oxygen atoms in total. The molecule has 0 bridgehead atoms. The summed E-state index contributed by atoms with van der Waals surface area (Å²) in [5.41, 5.74) is 0.722. The van der Waals surface area contributed by atoms with Gasteiger partial charge in [0.25, 0.3) is 0 Å². The van der Waals surface area contributed by atoms with Gasteiger partial charge in [0.05, 0.1) is 15.2 Å². The molecule has 1 N–H and O–H groups in total. The van der Waals surface area contributed by atoms with Crippen molar-refractivity contribution in [3.63, 3.8) is 0 Å². The van der Waals surface area contributed by atoms with Gasteiger partial charge in [-0.1, -0.05) is 19.6 Å². The van der Waals surface area contributed by atoms with Gasteiger partial charge in [-0.3, -0.25) is 4.99 Å². The van der Waals surface area contributed by atoms with E-state index in [4.69, 9.17) is 21.8 Å². The fourth-order valence-corrected chi connectivity index (χ4v) is 2.99. The molecule has 0 aliphatic heterocycles. The van der Waals surface area contributed by atoms with Crippen LogP contribution in [-0.2, 0) is 20.8 Å². The number of halogens is 2. The first kappa shape index (κ1) is 19.2. The summed E-state index contributed by atoms with van der Waals surface area (Å²) in [5, 5.41) is 11.2. The molecule has 7 heteroatoms. The van der Waals surface area contributed by atoms with E-state index in [1.54, 1.807) is 26.4 Å². The first-order valence-corrected chi connectivity index (χ1v) is 15.4. The molecule has 0 atom stereocenters. The monoisotopic (exact) mass is 397 g/mol. The van der Waals surface area contributed by atoms with E-state index in [2.05, 4.69) is 24.6 Å². The molecule has 1 rings (SSSR count). The van der Waals surface area contributed by atoms with E-state index in [0.29, 0.717) is 5.75 Å². The Morgan fingerprint density at radius 3 is 2.21 bits per heavy atom. The molecule has 1 aromatic rings. The summed E-state index contributed by atoms with van der Waals surface area (Å²) in [5.74, 6) is 1.11. The van der Waals surface area contributed by atoms with Gasteiger partial charge >= 0.3 is 37.9 Å². The Bertz CT molecular complexity index is 436. The third kappa shape index (κ3) is 6.44. The van der Waals surface area contributed by atoms with Gasteiger partial charge in [-0.2, -0.15) is 0 Å². The van der Waals surface area contributed by atoms with Crippen LogP contribution in [0.2, 0.25) is 19.6 Å². The number of aliphatic imine (C=N–C) groups is 1. The predicted molar refractivity (Wildman–Crippen MR) is 82.9 cm³/mol. The van der Waals surface area contributed by atoms with Crippen molar-refractivity contribution in [3.05, 3.63) is 17.7 Å². The molecule has 1 aromatic carbocycles. The van der Waals surface area contributed by atoms with Gasteiger partial charge in [0.1, 0.15) is 11.5 Å². The van der Waals surface area contributed by atoms with Crippen LogP contribution in [0, 0.1) is 0 Å². The van der Waals surface area contributed by atoms with Gasteiger partial charge < -0.3 is 9.84 Å². The van der Waals surface area contributed by atoms with Crippen LogP contribution in [0.4, 0.5) is 0 Å². The van der Waals surface area contributed by atoms with Crippen molar-refractivity contribution in [2.24, 2.45) is 4.99 Å². The molecule has 0 spiro atoms. The zero-order chi connectivity index (χ0) is 15.1. The maximum absolute atomic E-state index is 10.2. The zero-order valence-electron chi connectivity index (χ0n) is 11.8. The molecular weight excluding hydrogens is 380 g/mol. The van der Waals surface area contributed by atoms with E-state index in [9.17, 15) is 5.11 Å². The van der Waals surface area contributed by atoms with Crippen molar-refractivity contribution in [2.45, 2.75) is 19.6 Å². The molecule has 0 unspecified atom stereocenters. The first-order chi connectivity index (χ1) is 8.81. The molecule has 0 radical (unpaired) electrons. The van der Waals surface area contributed by atoms with Gasteiger partial charge in [-0.15, -0.1) is 0 Å². The third-order valence-electron chi connectivity index (χ3n) is 2.42. The molecule has 0 aliphatic rings. The summed E-state index contributed by atoms with van der Waals surface area (Å²) < 4.78 is 5.24. The molecule has 0 fully saturated rings. The summed E-state index contributed by atoms with van der Waals surface area (Å²) >= 11 is -0.826. The second-order valence-electron chi connectivity index (χ2n) is 4.82. The van der Waals surface area contributed by atoms with E-state index in [1.807, 2.05) is 6.07 Å². The number of benzene rings is 1. The number of aromatic hydroxyl groups is 1. The summed E-state index contributed by atoms with van der Waals surface area (Å²) in [6.45, 7) is 6.57. The quantitative estimate of drug-likeness (QED) is 0.626. The minimum absolute atomic E-state index is 0.338. The van der Waals surface area contributed by atoms with Crippen LogP contribution in [-0.4, -0.2) is 33.6 Å². The van der Waals surface area contributed by atoms with Crippen molar-refractivity contribution < 1.29 is 30.7 Å². The second-order valence-corrected chi connectivity index (χ2v) is 13.6. The van der Waals surface area contributed by atoms with Gasteiger partial charge in [0, 0.05) is 18.8 Å². The SMILES string of the molecule is CN=Cc1cc(OC)cc([Si](C)(C)C)c1O.[Cl][Zr][Cl]. The average molecular weight is 400 g/mol. The molecule has 0 amide bonds. The average Bonchev–Trinajstić information content (AvgIpc) is 2.31. The normalized spacial score (nSPS) is 10.9. The maximum atomic E-state index is 10.2. The Labute approximate surface area is 134 Å². The van der Waals surface area contributed by atoms with Crippen LogP contribution in [0.25, 0.3) is 0 Å². The fraction of sp³-hybridized carbons (Fsp3) is 0.417. The Morgan fingerprint density at radius 2 is 1.84 bits per heavy atom.